The Bertz CT molecular complexity index is 534. The second-order valence-electron chi connectivity index (χ2n) is 10.0. The molecule has 0 amide bonds. The van der Waals surface area contributed by atoms with Crippen LogP contribution in [0.15, 0.2) is 0 Å². The predicted octanol–water partition coefficient (Wildman–Crippen LogP) is 5.36. The normalized spacial score (nSPS) is 52.2. The number of aliphatic hydroxyl groups is 1. The standard InChI is InChI=1S/C22H35BrO2/c1-3-22(25)11-9-15-14(12-22)4-5-17-16(15)8-10-21(2)18(17)6-7-19(21)20(24)13-23/h14-19,25H,3-13H2,1-2H3/t14-,15+,16?,17-,18?,19-,21+,22-/m1/s1. The van der Waals surface area contributed by atoms with Crippen LogP contribution in [0, 0.1) is 40.9 Å². The second-order valence-corrected chi connectivity index (χ2v) is 10.6. The van der Waals surface area contributed by atoms with E-state index in [-0.39, 0.29) is 11.0 Å². The van der Waals surface area contributed by atoms with Crippen molar-refractivity contribution in [1.29, 1.82) is 0 Å². The summed E-state index contributed by atoms with van der Waals surface area (Å²) in [6, 6.07) is 0. The van der Waals surface area contributed by atoms with Crippen LogP contribution >= 0.6 is 15.9 Å². The first kappa shape index (κ1) is 18.5. The number of hydrogen-bond acceptors (Lipinski definition) is 2. The first-order chi connectivity index (χ1) is 11.9. The highest BCUT2D eigenvalue weighted by Gasteiger charge is 2.58. The van der Waals surface area contributed by atoms with Crippen LogP contribution in [0.4, 0.5) is 0 Å². The highest BCUT2D eigenvalue weighted by atomic mass is 79.9. The van der Waals surface area contributed by atoms with Crippen molar-refractivity contribution >= 4 is 21.7 Å². The van der Waals surface area contributed by atoms with Gasteiger partial charge in [-0.1, -0.05) is 29.8 Å². The van der Waals surface area contributed by atoms with Crippen molar-refractivity contribution in [3.8, 4) is 0 Å². The van der Waals surface area contributed by atoms with Crippen molar-refractivity contribution in [3.05, 3.63) is 0 Å². The van der Waals surface area contributed by atoms with E-state index in [0.29, 0.717) is 17.0 Å². The average molecular weight is 411 g/mol. The fraction of sp³-hybridized carbons (Fsp3) is 0.955. The molecule has 8 atom stereocenters. The molecule has 4 rings (SSSR count). The van der Waals surface area contributed by atoms with Crippen LogP contribution in [0.1, 0.15) is 78.1 Å². The number of carbonyl (C=O) groups excluding carboxylic acids is 1. The molecule has 1 N–H and O–H groups in total. The van der Waals surface area contributed by atoms with E-state index in [1.165, 1.54) is 38.5 Å². The molecule has 4 fully saturated rings. The van der Waals surface area contributed by atoms with E-state index in [1.807, 2.05) is 0 Å². The summed E-state index contributed by atoms with van der Waals surface area (Å²) in [6.07, 6.45) is 11.9. The van der Waals surface area contributed by atoms with Gasteiger partial charge in [0.15, 0.2) is 0 Å². The van der Waals surface area contributed by atoms with Crippen LogP contribution in [-0.2, 0) is 4.79 Å². The number of ketones is 1. The maximum absolute atomic E-state index is 12.5. The van der Waals surface area contributed by atoms with E-state index in [4.69, 9.17) is 0 Å². The van der Waals surface area contributed by atoms with Gasteiger partial charge in [-0.2, -0.15) is 0 Å². The van der Waals surface area contributed by atoms with Crippen LogP contribution in [0.2, 0.25) is 0 Å². The Hall–Kier alpha value is 0.110. The lowest BCUT2D eigenvalue weighted by Crippen LogP contribution is -2.51. The van der Waals surface area contributed by atoms with Gasteiger partial charge in [0.1, 0.15) is 5.78 Å². The number of hydrogen-bond donors (Lipinski definition) is 1. The molecule has 0 bridgehead atoms. The molecule has 0 spiro atoms. The first-order valence-corrected chi connectivity index (χ1v) is 11.8. The van der Waals surface area contributed by atoms with Crippen LogP contribution < -0.4 is 0 Å². The number of alkyl halides is 1. The summed E-state index contributed by atoms with van der Waals surface area (Å²) in [7, 11) is 0. The molecule has 4 aliphatic rings. The molecule has 2 nitrogen and oxygen atoms in total. The van der Waals surface area contributed by atoms with Crippen molar-refractivity contribution in [3.63, 3.8) is 0 Å². The van der Waals surface area contributed by atoms with Crippen LogP contribution in [0.3, 0.4) is 0 Å². The smallest absolute Gasteiger partial charge is 0.147 e. The largest absolute Gasteiger partial charge is 0.390 e. The van der Waals surface area contributed by atoms with Gasteiger partial charge in [-0.3, -0.25) is 4.79 Å². The highest BCUT2D eigenvalue weighted by Crippen LogP contribution is 2.64. The zero-order chi connectivity index (χ0) is 17.8. The van der Waals surface area contributed by atoms with E-state index in [2.05, 4.69) is 29.8 Å². The quantitative estimate of drug-likeness (QED) is 0.635. The van der Waals surface area contributed by atoms with E-state index in [1.54, 1.807) is 0 Å². The minimum atomic E-state index is -0.377. The molecular formula is C22H35BrO2. The lowest BCUT2D eigenvalue weighted by molar-refractivity contribution is -0.130. The van der Waals surface area contributed by atoms with Gasteiger partial charge in [0.05, 0.1) is 10.9 Å². The van der Waals surface area contributed by atoms with Crippen LogP contribution in [0.5, 0.6) is 0 Å². The molecule has 0 saturated heterocycles. The third-order valence-corrected chi connectivity index (χ3v) is 9.84. The molecular weight excluding hydrogens is 376 g/mol. The van der Waals surface area contributed by atoms with Crippen molar-refractivity contribution in [1.82, 2.24) is 0 Å². The number of rotatable bonds is 3. The van der Waals surface area contributed by atoms with Gasteiger partial charge in [-0.15, -0.1) is 0 Å². The Balaban J connectivity index is 1.52. The molecule has 4 saturated carbocycles. The minimum Gasteiger partial charge on any atom is -0.390 e. The first-order valence-electron chi connectivity index (χ1n) is 10.7. The van der Waals surface area contributed by atoms with Crippen molar-refractivity contribution < 1.29 is 9.90 Å². The van der Waals surface area contributed by atoms with Gasteiger partial charge in [0.2, 0.25) is 0 Å². The predicted molar refractivity (Wildman–Crippen MR) is 105 cm³/mol. The van der Waals surface area contributed by atoms with Crippen LogP contribution in [-0.4, -0.2) is 21.8 Å². The number of fused-ring (bicyclic) bond motifs is 5. The third kappa shape index (κ3) is 2.87. The Morgan fingerprint density at radius 3 is 2.52 bits per heavy atom. The molecule has 0 radical (unpaired) electrons. The average Bonchev–Trinajstić information content (AvgIpc) is 2.98. The van der Waals surface area contributed by atoms with Gasteiger partial charge in [-0.25, -0.2) is 0 Å². The monoisotopic (exact) mass is 410 g/mol. The van der Waals surface area contributed by atoms with Gasteiger partial charge in [0, 0.05) is 5.92 Å². The SMILES string of the molecule is CC[C@@]1(O)CC[C@@H]2C3CC[C@@]4(C)C(CC[C@@H]4C(=O)CBr)[C@@H]3CC[C@@H]2C1. The van der Waals surface area contributed by atoms with E-state index >= 15 is 0 Å². The van der Waals surface area contributed by atoms with E-state index in [9.17, 15) is 9.90 Å². The maximum Gasteiger partial charge on any atom is 0.147 e. The third-order valence-electron chi connectivity index (χ3n) is 9.28. The summed E-state index contributed by atoms with van der Waals surface area (Å²) in [5, 5.41) is 11.3. The molecule has 3 heteroatoms. The number of Topliss-reactive ketones (excluding diaryl/α,β-unsaturated/α-hetero) is 1. The highest BCUT2D eigenvalue weighted by molar-refractivity contribution is 9.09. The van der Waals surface area contributed by atoms with Crippen molar-refractivity contribution in [2.45, 2.75) is 83.7 Å². The summed E-state index contributed by atoms with van der Waals surface area (Å²) in [4.78, 5) is 12.5. The van der Waals surface area contributed by atoms with Gasteiger partial charge in [0.25, 0.3) is 0 Å². The fourth-order valence-electron chi connectivity index (χ4n) is 7.91. The number of halogens is 1. The lowest BCUT2D eigenvalue weighted by Gasteiger charge is -2.57. The Morgan fingerprint density at radius 2 is 1.80 bits per heavy atom. The van der Waals surface area contributed by atoms with E-state index in [0.717, 1.165) is 55.3 Å². The summed E-state index contributed by atoms with van der Waals surface area (Å²) in [5.74, 6) is 4.84. The molecule has 142 valence electrons. The molecule has 0 aliphatic heterocycles. The van der Waals surface area contributed by atoms with Gasteiger partial charge >= 0.3 is 0 Å². The molecule has 0 heterocycles. The van der Waals surface area contributed by atoms with Crippen molar-refractivity contribution in [2.24, 2.45) is 40.9 Å². The molecule has 0 aromatic rings. The molecule has 2 unspecified atom stereocenters. The molecule has 4 aliphatic carbocycles. The maximum atomic E-state index is 12.5. The Labute approximate surface area is 161 Å². The minimum absolute atomic E-state index is 0.262. The van der Waals surface area contributed by atoms with Gasteiger partial charge in [-0.05, 0) is 99.2 Å². The summed E-state index contributed by atoms with van der Waals surface area (Å²) < 4.78 is 0. The lowest BCUT2D eigenvalue weighted by atomic mass is 9.48. The Morgan fingerprint density at radius 1 is 1.04 bits per heavy atom. The second kappa shape index (κ2) is 6.62. The van der Waals surface area contributed by atoms with E-state index < -0.39 is 0 Å². The molecule has 0 aromatic carbocycles. The topological polar surface area (TPSA) is 37.3 Å². The molecule has 25 heavy (non-hydrogen) atoms. The number of carbonyl (C=O) groups is 1. The zero-order valence-corrected chi connectivity index (χ0v) is 17.6. The summed E-state index contributed by atoms with van der Waals surface area (Å²) in [5.41, 5.74) is -0.115. The van der Waals surface area contributed by atoms with Crippen LogP contribution in [0.25, 0.3) is 0 Å². The zero-order valence-electron chi connectivity index (χ0n) is 16.0. The Kier molecular flexibility index (Phi) is 4.89. The van der Waals surface area contributed by atoms with Crippen molar-refractivity contribution in [2.75, 3.05) is 5.33 Å². The van der Waals surface area contributed by atoms with Gasteiger partial charge < -0.3 is 5.11 Å². The summed E-state index contributed by atoms with van der Waals surface area (Å²) in [6.45, 7) is 4.59. The fourth-order valence-corrected chi connectivity index (χ4v) is 8.30. The summed E-state index contributed by atoms with van der Waals surface area (Å²) >= 11 is 3.42. The molecule has 0 aromatic heterocycles.